The molecule has 1 aliphatic carbocycles. The molecule has 0 aliphatic heterocycles. The smallest absolute Gasteiger partial charge is 0.338 e. The summed E-state index contributed by atoms with van der Waals surface area (Å²) < 4.78 is 45.7. The molecule has 1 aromatic heterocycles. The van der Waals surface area contributed by atoms with E-state index in [4.69, 9.17) is 14.2 Å². The highest BCUT2D eigenvalue weighted by molar-refractivity contribution is 5.89. The van der Waals surface area contributed by atoms with Gasteiger partial charge in [-0.15, -0.1) is 0 Å². The maximum absolute atomic E-state index is 14.1. The molecular weight excluding hydrogens is 370 g/mol. The van der Waals surface area contributed by atoms with Crippen molar-refractivity contribution < 1.29 is 27.8 Å². The van der Waals surface area contributed by atoms with Crippen LogP contribution in [0, 0.1) is 0 Å². The van der Waals surface area contributed by atoms with E-state index in [0.717, 1.165) is 5.69 Å². The zero-order chi connectivity index (χ0) is 20.0. The van der Waals surface area contributed by atoms with Gasteiger partial charge in [0.05, 0.1) is 18.8 Å². The molecule has 0 N–H and O–H groups in total. The molecule has 6 nitrogen and oxygen atoms in total. The first-order valence-electron chi connectivity index (χ1n) is 9.22. The van der Waals surface area contributed by atoms with Gasteiger partial charge in [-0.1, -0.05) is 18.2 Å². The number of halogens is 2. The van der Waals surface area contributed by atoms with Crippen LogP contribution in [0.15, 0.2) is 42.6 Å². The van der Waals surface area contributed by atoms with E-state index in [0.29, 0.717) is 18.8 Å². The highest BCUT2D eigenvalue weighted by atomic mass is 19.3. The first-order chi connectivity index (χ1) is 13.5. The molecule has 1 aliphatic rings. The molecule has 0 bridgehead atoms. The van der Waals surface area contributed by atoms with Gasteiger partial charge in [0.2, 0.25) is 0 Å². The van der Waals surface area contributed by atoms with Crippen molar-refractivity contribution in [3.8, 4) is 0 Å². The Balaban J connectivity index is 1.75. The number of benzene rings is 1. The number of aromatic nitrogens is 2. The van der Waals surface area contributed by atoms with Gasteiger partial charge in [0.1, 0.15) is 12.8 Å². The predicted molar refractivity (Wildman–Crippen MR) is 97.2 cm³/mol. The highest BCUT2D eigenvalue weighted by Crippen LogP contribution is 2.42. The van der Waals surface area contributed by atoms with Gasteiger partial charge in [0, 0.05) is 37.8 Å². The molecule has 0 saturated heterocycles. The Hall–Kier alpha value is -2.32. The van der Waals surface area contributed by atoms with Crippen LogP contribution in [0.3, 0.4) is 0 Å². The monoisotopic (exact) mass is 394 g/mol. The van der Waals surface area contributed by atoms with Crippen molar-refractivity contribution in [1.82, 2.24) is 9.78 Å². The number of methoxy groups -OCH3 is 1. The van der Waals surface area contributed by atoms with E-state index >= 15 is 0 Å². The van der Waals surface area contributed by atoms with Crippen molar-refractivity contribution in [3.05, 3.63) is 53.9 Å². The number of rotatable bonds is 8. The number of hydrogen-bond acceptors (Lipinski definition) is 5. The molecule has 2 atom stereocenters. The lowest BCUT2D eigenvalue weighted by Gasteiger charge is -2.35. The van der Waals surface area contributed by atoms with Gasteiger partial charge in [-0.25, -0.2) is 18.3 Å². The number of ether oxygens (including phenoxy) is 3. The summed E-state index contributed by atoms with van der Waals surface area (Å²) in [5.41, 5.74) is 1.06. The maximum atomic E-state index is 14.1. The molecule has 3 rings (SSSR count). The lowest BCUT2D eigenvalue weighted by atomic mass is 9.82. The number of nitrogens with zero attached hydrogens (tertiary/aromatic N) is 2. The fraction of sp³-hybridized carbons (Fsp3) is 0.500. The standard InChI is InChI=1S/C20H24F2N2O4/c1-26-11-12-27-14-24-17(8-10-23-24)16-7-9-20(21,22)13-18(16)28-19(25)15-5-3-2-4-6-15/h2-6,8,10,16,18H,7,9,11-14H2,1H3. The van der Waals surface area contributed by atoms with Gasteiger partial charge in [0.15, 0.2) is 0 Å². The minimum absolute atomic E-state index is 0.179. The lowest BCUT2D eigenvalue weighted by Crippen LogP contribution is -2.39. The number of esters is 1. The summed E-state index contributed by atoms with van der Waals surface area (Å²) in [5, 5.41) is 4.22. The minimum atomic E-state index is -2.86. The van der Waals surface area contributed by atoms with Crippen LogP contribution in [-0.4, -0.2) is 48.1 Å². The van der Waals surface area contributed by atoms with Crippen molar-refractivity contribution >= 4 is 5.97 Å². The van der Waals surface area contributed by atoms with Crippen LogP contribution >= 0.6 is 0 Å². The number of carbonyl (C=O) groups excluding carboxylic acids is 1. The van der Waals surface area contributed by atoms with Gasteiger partial charge in [-0.05, 0) is 24.6 Å². The van der Waals surface area contributed by atoms with Gasteiger partial charge in [-0.3, -0.25) is 0 Å². The number of hydrogen-bond donors (Lipinski definition) is 0. The molecule has 1 saturated carbocycles. The summed E-state index contributed by atoms with van der Waals surface area (Å²) in [7, 11) is 1.58. The number of carbonyl (C=O) groups is 1. The minimum Gasteiger partial charge on any atom is -0.458 e. The van der Waals surface area contributed by atoms with Crippen molar-refractivity contribution in [1.29, 1.82) is 0 Å². The largest absolute Gasteiger partial charge is 0.458 e. The zero-order valence-corrected chi connectivity index (χ0v) is 15.7. The highest BCUT2D eigenvalue weighted by Gasteiger charge is 2.45. The number of alkyl halides is 2. The van der Waals surface area contributed by atoms with Crippen LogP contribution in [0.4, 0.5) is 8.78 Å². The summed E-state index contributed by atoms with van der Waals surface area (Å²) >= 11 is 0. The second-order valence-corrected chi connectivity index (χ2v) is 6.80. The molecule has 0 amide bonds. The van der Waals surface area contributed by atoms with Gasteiger partial charge in [-0.2, -0.15) is 5.10 Å². The first kappa shape index (κ1) is 20.4. The Morgan fingerprint density at radius 3 is 2.79 bits per heavy atom. The summed E-state index contributed by atoms with van der Waals surface area (Å²) in [4.78, 5) is 12.4. The van der Waals surface area contributed by atoms with E-state index in [9.17, 15) is 13.6 Å². The lowest BCUT2D eigenvalue weighted by molar-refractivity contribution is -0.0911. The van der Waals surface area contributed by atoms with E-state index < -0.39 is 24.4 Å². The van der Waals surface area contributed by atoms with Crippen molar-refractivity contribution in [3.63, 3.8) is 0 Å². The maximum Gasteiger partial charge on any atom is 0.338 e. The predicted octanol–water partition coefficient (Wildman–Crippen LogP) is 3.63. The molecule has 2 unspecified atom stereocenters. The summed E-state index contributed by atoms with van der Waals surface area (Å²) in [5.74, 6) is -3.84. The van der Waals surface area contributed by atoms with Crippen molar-refractivity contribution in [2.75, 3.05) is 20.3 Å². The van der Waals surface area contributed by atoms with Crippen LogP contribution in [-0.2, 0) is 20.9 Å². The third kappa shape index (κ3) is 5.14. The average Bonchev–Trinajstić information content (AvgIpc) is 3.13. The topological polar surface area (TPSA) is 62.6 Å². The van der Waals surface area contributed by atoms with Crippen LogP contribution in [0.5, 0.6) is 0 Å². The molecular formula is C20H24F2N2O4. The fourth-order valence-corrected chi connectivity index (χ4v) is 3.39. The van der Waals surface area contributed by atoms with Gasteiger partial charge < -0.3 is 14.2 Å². The van der Waals surface area contributed by atoms with E-state index in [1.54, 1.807) is 54.4 Å². The molecule has 1 heterocycles. The fourth-order valence-electron chi connectivity index (χ4n) is 3.39. The van der Waals surface area contributed by atoms with Crippen molar-refractivity contribution in [2.24, 2.45) is 0 Å². The Morgan fingerprint density at radius 2 is 2.04 bits per heavy atom. The normalized spacial score (nSPS) is 21.4. The second-order valence-electron chi connectivity index (χ2n) is 6.80. The Labute approximate surface area is 162 Å². The van der Waals surface area contributed by atoms with Gasteiger partial charge in [0.25, 0.3) is 5.92 Å². The van der Waals surface area contributed by atoms with Crippen LogP contribution in [0.25, 0.3) is 0 Å². The van der Waals surface area contributed by atoms with E-state index in [1.807, 2.05) is 0 Å². The molecule has 28 heavy (non-hydrogen) atoms. The molecule has 2 aromatic rings. The Kier molecular flexibility index (Phi) is 6.74. The quantitative estimate of drug-likeness (QED) is 0.505. The third-order valence-electron chi connectivity index (χ3n) is 4.81. The van der Waals surface area contributed by atoms with Gasteiger partial charge >= 0.3 is 5.97 Å². The van der Waals surface area contributed by atoms with E-state index in [2.05, 4.69) is 5.10 Å². The summed E-state index contributed by atoms with van der Waals surface area (Å²) in [6, 6.07) is 10.2. The average molecular weight is 394 g/mol. The molecule has 1 aromatic carbocycles. The Bertz CT molecular complexity index is 767. The molecule has 152 valence electrons. The van der Waals surface area contributed by atoms with Crippen LogP contribution in [0.2, 0.25) is 0 Å². The SMILES string of the molecule is COCCOCn1nccc1C1CCC(F)(F)CC1OC(=O)c1ccccc1. The summed E-state index contributed by atoms with van der Waals surface area (Å²) in [6.45, 7) is 1.02. The first-order valence-corrected chi connectivity index (χ1v) is 9.22. The van der Waals surface area contributed by atoms with Crippen LogP contribution < -0.4 is 0 Å². The van der Waals surface area contributed by atoms with E-state index in [1.165, 1.54) is 0 Å². The molecule has 1 fully saturated rings. The second kappa shape index (κ2) is 9.25. The molecule has 0 radical (unpaired) electrons. The zero-order valence-electron chi connectivity index (χ0n) is 15.7. The van der Waals surface area contributed by atoms with Crippen molar-refractivity contribution in [2.45, 2.75) is 43.9 Å². The van der Waals surface area contributed by atoms with E-state index in [-0.39, 0.29) is 25.5 Å². The summed E-state index contributed by atoms with van der Waals surface area (Å²) in [6.07, 6.45) is 0.0888. The Morgan fingerprint density at radius 1 is 1.25 bits per heavy atom. The molecule has 0 spiro atoms. The third-order valence-corrected chi connectivity index (χ3v) is 4.81. The molecule has 8 heteroatoms. The van der Waals surface area contributed by atoms with Crippen LogP contribution in [0.1, 0.15) is 41.2 Å².